The van der Waals surface area contributed by atoms with Gasteiger partial charge in [-0.05, 0) is 24.8 Å². The molecule has 0 aromatic carbocycles. The molecule has 1 aliphatic heterocycles. The third-order valence-electron chi connectivity index (χ3n) is 4.14. The molecule has 2 aliphatic rings. The Hall–Kier alpha value is -1.98. The van der Waals surface area contributed by atoms with E-state index in [9.17, 15) is 9.59 Å². The molecular formula is C13H17N3O3. The summed E-state index contributed by atoms with van der Waals surface area (Å²) in [5.41, 5.74) is 1.05. The molecule has 0 bridgehead atoms. The Balaban J connectivity index is 2.03. The first kappa shape index (κ1) is 12.1. The van der Waals surface area contributed by atoms with Crippen LogP contribution in [0, 0.1) is 11.8 Å². The van der Waals surface area contributed by atoms with Gasteiger partial charge in [0.15, 0.2) is 0 Å². The van der Waals surface area contributed by atoms with Crippen molar-refractivity contribution in [3.05, 3.63) is 28.2 Å². The second kappa shape index (κ2) is 4.29. The van der Waals surface area contributed by atoms with Crippen molar-refractivity contribution < 1.29 is 9.90 Å². The highest BCUT2D eigenvalue weighted by atomic mass is 16.4. The number of carboxylic acid groups (broad SMARTS) is 1. The quantitative estimate of drug-likeness (QED) is 0.650. The standard InChI is InChI=1S/C13H17N3O3/c1-6-9(7-2-3-7)15-11-8(4-5-14-12(11)17)10(6)16-13(18)19/h4-7,9-10,15-16H,2-3H2,1H3,(H,14,17)(H,18,19)/t6-,9+,10+/m0/s1. The van der Waals surface area contributed by atoms with Gasteiger partial charge in [0, 0.05) is 23.7 Å². The summed E-state index contributed by atoms with van der Waals surface area (Å²) in [5.74, 6) is 0.666. The predicted molar refractivity (Wildman–Crippen MR) is 70.3 cm³/mol. The van der Waals surface area contributed by atoms with Crippen molar-refractivity contribution in [3.8, 4) is 0 Å². The molecule has 3 atom stereocenters. The van der Waals surface area contributed by atoms with Crippen LogP contribution in [0.5, 0.6) is 0 Å². The van der Waals surface area contributed by atoms with E-state index in [0.29, 0.717) is 11.6 Å². The summed E-state index contributed by atoms with van der Waals surface area (Å²) in [6.07, 6.45) is 2.78. The summed E-state index contributed by atoms with van der Waals surface area (Å²) in [5, 5.41) is 14.9. The van der Waals surface area contributed by atoms with Crippen LogP contribution in [0.1, 0.15) is 31.4 Å². The summed E-state index contributed by atoms with van der Waals surface area (Å²) >= 11 is 0. The maximum absolute atomic E-state index is 11.9. The number of rotatable bonds is 2. The fourth-order valence-corrected chi connectivity index (χ4v) is 3.04. The minimum absolute atomic E-state index is 0.123. The largest absolute Gasteiger partial charge is 0.465 e. The fourth-order valence-electron chi connectivity index (χ4n) is 3.04. The zero-order valence-electron chi connectivity index (χ0n) is 10.6. The lowest BCUT2D eigenvalue weighted by Crippen LogP contribution is -2.46. The minimum atomic E-state index is -1.06. The first-order chi connectivity index (χ1) is 9.08. The number of nitrogens with one attached hydrogen (secondary N) is 3. The van der Waals surface area contributed by atoms with Crippen molar-refractivity contribution in [1.29, 1.82) is 0 Å². The Morgan fingerprint density at radius 2 is 2.21 bits per heavy atom. The molecule has 1 saturated carbocycles. The third kappa shape index (κ3) is 2.07. The summed E-state index contributed by atoms with van der Waals surface area (Å²) in [7, 11) is 0. The Morgan fingerprint density at radius 1 is 1.47 bits per heavy atom. The minimum Gasteiger partial charge on any atom is -0.465 e. The monoisotopic (exact) mass is 263 g/mol. The molecule has 102 valence electrons. The number of carbonyl (C=O) groups is 1. The van der Waals surface area contributed by atoms with Gasteiger partial charge in [-0.25, -0.2) is 4.79 Å². The Labute approximate surface area is 110 Å². The van der Waals surface area contributed by atoms with E-state index in [-0.39, 0.29) is 23.6 Å². The number of fused-ring (bicyclic) bond motifs is 1. The molecule has 1 aliphatic carbocycles. The summed E-state index contributed by atoms with van der Waals surface area (Å²) < 4.78 is 0. The molecule has 0 saturated heterocycles. The van der Waals surface area contributed by atoms with Crippen LogP contribution in [0.15, 0.2) is 17.1 Å². The van der Waals surface area contributed by atoms with Gasteiger partial charge in [0.2, 0.25) is 0 Å². The number of aromatic nitrogens is 1. The van der Waals surface area contributed by atoms with Gasteiger partial charge in [0.05, 0.1) is 6.04 Å². The molecule has 3 rings (SSSR count). The predicted octanol–water partition coefficient (Wildman–Crippen LogP) is 1.52. The van der Waals surface area contributed by atoms with E-state index in [1.54, 1.807) is 12.3 Å². The van der Waals surface area contributed by atoms with Gasteiger partial charge >= 0.3 is 6.09 Å². The number of H-pyrrole nitrogens is 1. The highest BCUT2D eigenvalue weighted by Crippen LogP contribution is 2.44. The number of anilines is 1. The van der Waals surface area contributed by atoms with E-state index < -0.39 is 6.09 Å². The topological polar surface area (TPSA) is 94.2 Å². The summed E-state index contributed by atoms with van der Waals surface area (Å²) in [4.78, 5) is 25.5. The lowest BCUT2D eigenvalue weighted by atomic mass is 9.82. The average molecular weight is 263 g/mol. The Morgan fingerprint density at radius 3 is 2.84 bits per heavy atom. The second-order valence-electron chi connectivity index (χ2n) is 5.43. The van der Waals surface area contributed by atoms with Gasteiger partial charge < -0.3 is 20.7 Å². The van der Waals surface area contributed by atoms with Crippen LogP contribution in [0.2, 0.25) is 0 Å². The average Bonchev–Trinajstić information content (AvgIpc) is 3.17. The molecule has 19 heavy (non-hydrogen) atoms. The van der Waals surface area contributed by atoms with Gasteiger partial charge in [-0.2, -0.15) is 0 Å². The zero-order chi connectivity index (χ0) is 13.6. The van der Waals surface area contributed by atoms with Gasteiger partial charge in [-0.1, -0.05) is 6.92 Å². The van der Waals surface area contributed by atoms with Gasteiger partial charge in [-0.3, -0.25) is 4.79 Å². The molecular weight excluding hydrogens is 246 g/mol. The van der Waals surface area contributed by atoms with Crippen LogP contribution in [0.3, 0.4) is 0 Å². The lowest BCUT2D eigenvalue weighted by molar-refractivity contribution is 0.181. The molecule has 0 unspecified atom stereocenters. The first-order valence-corrected chi connectivity index (χ1v) is 6.55. The third-order valence-corrected chi connectivity index (χ3v) is 4.14. The number of pyridine rings is 1. The summed E-state index contributed by atoms with van der Waals surface area (Å²) in [6.45, 7) is 2.03. The molecule has 2 heterocycles. The highest BCUT2D eigenvalue weighted by Gasteiger charge is 2.43. The van der Waals surface area contributed by atoms with Gasteiger partial charge in [0.25, 0.3) is 5.56 Å². The normalized spacial score (nSPS) is 29.2. The van der Waals surface area contributed by atoms with Gasteiger partial charge in [-0.15, -0.1) is 0 Å². The molecule has 1 aromatic rings. The second-order valence-corrected chi connectivity index (χ2v) is 5.43. The van der Waals surface area contributed by atoms with Crippen LogP contribution < -0.4 is 16.2 Å². The van der Waals surface area contributed by atoms with E-state index in [4.69, 9.17) is 5.11 Å². The number of hydrogen-bond acceptors (Lipinski definition) is 3. The smallest absolute Gasteiger partial charge is 0.405 e. The SMILES string of the molecule is C[C@@H]1[C@@H](NC(=O)O)c2cc[nH]c(=O)c2N[C@H]1C1CC1. The van der Waals surface area contributed by atoms with Crippen LogP contribution in [0.4, 0.5) is 10.5 Å². The highest BCUT2D eigenvalue weighted by molar-refractivity contribution is 5.67. The molecule has 1 amide bonds. The molecule has 0 spiro atoms. The molecule has 0 radical (unpaired) electrons. The van der Waals surface area contributed by atoms with Crippen molar-refractivity contribution in [1.82, 2.24) is 10.3 Å². The molecule has 6 heteroatoms. The van der Waals surface area contributed by atoms with E-state index >= 15 is 0 Å². The Kier molecular flexibility index (Phi) is 2.73. The number of hydrogen-bond donors (Lipinski definition) is 4. The van der Waals surface area contributed by atoms with E-state index in [0.717, 1.165) is 18.4 Å². The van der Waals surface area contributed by atoms with E-state index in [1.165, 1.54) is 0 Å². The molecule has 1 aromatic heterocycles. The van der Waals surface area contributed by atoms with E-state index in [2.05, 4.69) is 15.6 Å². The lowest BCUT2D eigenvalue weighted by Gasteiger charge is -2.38. The first-order valence-electron chi connectivity index (χ1n) is 6.55. The fraction of sp³-hybridized carbons (Fsp3) is 0.538. The van der Waals surface area contributed by atoms with Crippen LogP contribution in [-0.4, -0.2) is 22.2 Å². The van der Waals surface area contributed by atoms with Crippen LogP contribution >= 0.6 is 0 Å². The van der Waals surface area contributed by atoms with Crippen LogP contribution in [-0.2, 0) is 0 Å². The molecule has 1 fully saturated rings. The van der Waals surface area contributed by atoms with Crippen LogP contribution in [0.25, 0.3) is 0 Å². The van der Waals surface area contributed by atoms with Crippen molar-refractivity contribution in [2.24, 2.45) is 11.8 Å². The van der Waals surface area contributed by atoms with Crippen molar-refractivity contribution >= 4 is 11.8 Å². The van der Waals surface area contributed by atoms with E-state index in [1.807, 2.05) is 6.92 Å². The van der Waals surface area contributed by atoms with Crippen molar-refractivity contribution in [3.63, 3.8) is 0 Å². The zero-order valence-corrected chi connectivity index (χ0v) is 10.6. The number of aromatic amines is 1. The summed E-state index contributed by atoms with van der Waals surface area (Å²) in [6, 6.07) is 1.60. The van der Waals surface area contributed by atoms with Crippen molar-refractivity contribution in [2.45, 2.75) is 31.8 Å². The van der Waals surface area contributed by atoms with Crippen molar-refractivity contribution in [2.75, 3.05) is 5.32 Å². The van der Waals surface area contributed by atoms with Gasteiger partial charge in [0.1, 0.15) is 5.69 Å². The number of amides is 1. The maximum atomic E-state index is 11.9. The molecule has 4 N–H and O–H groups in total. The maximum Gasteiger partial charge on any atom is 0.405 e. The Bertz CT molecular complexity index is 564. The molecule has 6 nitrogen and oxygen atoms in total.